The van der Waals surface area contributed by atoms with Crippen LogP contribution in [0.3, 0.4) is 0 Å². The third-order valence-corrected chi connectivity index (χ3v) is 16.0. The van der Waals surface area contributed by atoms with Crippen LogP contribution in [0.1, 0.15) is 394 Å². The molecule has 0 aromatic carbocycles. The van der Waals surface area contributed by atoms with E-state index in [-0.39, 0.29) is 31.1 Å². The van der Waals surface area contributed by atoms with E-state index in [2.05, 4.69) is 34.6 Å². The highest BCUT2D eigenvalue weighted by Crippen LogP contribution is 2.20. The summed E-state index contributed by atoms with van der Waals surface area (Å²) >= 11 is 0. The maximum absolute atomic E-state index is 12.9. The molecule has 0 radical (unpaired) electrons. The number of unbranched alkanes of at least 4 members (excludes halogenated alkanes) is 48. The molecule has 0 N–H and O–H groups in total. The summed E-state index contributed by atoms with van der Waals surface area (Å²) in [4.78, 5) is 38.4. The second kappa shape index (κ2) is 61.6. The monoisotopic (exact) mass is 1060 g/mol. The summed E-state index contributed by atoms with van der Waals surface area (Å²) in [7, 11) is 0. The van der Waals surface area contributed by atoms with Crippen molar-refractivity contribution in [1.29, 1.82) is 0 Å². The maximum Gasteiger partial charge on any atom is 0.306 e. The molecule has 0 bridgehead atoms. The van der Waals surface area contributed by atoms with Crippen LogP contribution in [-0.2, 0) is 28.6 Å². The van der Waals surface area contributed by atoms with Gasteiger partial charge in [-0.3, -0.25) is 14.4 Å². The van der Waals surface area contributed by atoms with Crippen LogP contribution in [0.25, 0.3) is 0 Å². The first kappa shape index (κ1) is 73.4. The van der Waals surface area contributed by atoms with E-state index >= 15 is 0 Å². The Labute approximate surface area is 469 Å². The summed E-state index contributed by atoms with van der Waals surface area (Å²) in [6.45, 7) is 11.5. The Kier molecular flexibility index (Phi) is 60.3. The van der Waals surface area contributed by atoms with Crippen LogP contribution in [0.15, 0.2) is 0 Å². The van der Waals surface area contributed by atoms with E-state index < -0.39 is 6.10 Å². The van der Waals surface area contributed by atoms with Crippen molar-refractivity contribution in [2.24, 2.45) is 11.8 Å². The number of carbonyl (C=O) groups is 3. The van der Waals surface area contributed by atoms with Gasteiger partial charge in [0.25, 0.3) is 0 Å². The molecule has 1 atom stereocenters. The fraction of sp³-hybridized carbons (Fsp3) is 0.957. The number of hydrogen-bond acceptors (Lipinski definition) is 6. The lowest BCUT2D eigenvalue weighted by Crippen LogP contribution is -2.30. The van der Waals surface area contributed by atoms with Crippen molar-refractivity contribution >= 4 is 17.9 Å². The summed E-state index contributed by atoms with van der Waals surface area (Å²) < 4.78 is 17.0. The predicted octanol–water partition coefficient (Wildman–Crippen LogP) is 23.2. The summed E-state index contributed by atoms with van der Waals surface area (Å²) in [6, 6.07) is 0. The van der Waals surface area contributed by atoms with Gasteiger partial charge in [-0.1, -0.05) is 356 Å². The molecule has 0 heterocycles. The summed E-state index contributed by atoms with van der Waals surface area (Å²) in [5.41, 5.74) is 0. The predicted molar refractivity (Wildman–Crippen MR) is 326 cm³/mol. The first-order valence-electron chi connectivity index (χ1n) is 34.2. The van der Waals surface area contributed by atoms with E-state index in [9.17, 15) is 14.4 Å². The molecular formula is C69H134O6. The second-order valence-corrected chi connectivity index (χ2v) is 24.8. The molecule has 0 spiro atoms. The molecule has 0 amide bonds. The van der Waals surface area contributed by atoms with Crippen LogP contribution in [0.2, 0.25) is 0 Å². The number of carbonyl (C=O) groups excluding carboxylic acids is 3. The minimum atomic E-state index is -0.764. The number of ether oxygens (including phenoxy) is 3. The van der Waals surface area contributed by atoms with Gasteiger partial charge in [0, 0.05) is 19.3 Å². The van der Waals surface area contributed by atoms with E-state index in [0.717, 1.165) is 69.6 Å². The van der Waals surface area contributed by atoms with Crippen molar-refractivity contribution in [3.63, 3.8) is 0 Å². The van der Waals surface area contributed by atoms with E-state index in [1.54, 1.807) is 0 Å². The Morgan fingerprint density at radius 3 is 0.653 bits per heavy atom. The fourth-order valence-corrected chi connectivity index (χ4v) is 10.8. The van der Waals surface area contributed by atoms with Gasteiger partial charge in [0.15, 0.2) is 6.10 Å². The van der Waals surface area contributed by atoms with Gasteiger partial charge < -0.3 is 14.2 Å². The highest BCUT2D eigenvalue weighted by atomic mass is 16.6. The van der Waals surface area contributed by atoms with Crippen molar-refractivity contribution in [2.45, 2.75) is 400 Å². The van der Waals surface area contributed by atoms with E-state index in [0.29, 0.717) is 19.3 Å². The highest BCUT2D eigenvalue weighted by Gasteiger charge is 2.20. The zero-order valence-corrected chi connectivity index (χ0v) is 51.7. The molecule has 0 aliphatic carbocycles. The zero-order valence-electron chi connectivity index (χ0n) is 51.7. The molecule has 75 heavy (non-hydrogen) atoms. The first-order chi connectivity index (χ1) is 36.7. The molecule has 0 saturated heterocycles. The average molecular weight is 1060 g/mol. The molecule has 0 rings (SSSR count). The average Bonchev–Trinajstić information content (AvgIpc) is 3.39. The van der Waals surface area contributed by atoms with E-state index in [1.807, 2.05) is 0 Å². The molecule has 0 saturated carbocycles. The van der Waals surface area contributed by atoms with Crippen molar-refractivity contribution in [3.05, 3.63) is 0 Å². The quantitative estimate of drug-likeness (QED) is 0.0343. The molecule has 0 aliphatic heterocycles. The van der Waals surface area contributed by atoms with Gasteiger partial charge in [-0.25, -0.2) is 0 Å². The molecule has 0 aromatic rings. The van der Waals surface area contributed by atoms with Gasteiger partial charge in [0.05, 0.1) is 0 Å². The standard InChI is InChI=1S/C69H134O6/c1-6-7-8-9-10-11-12-13-22-29-34-39-44-49-54-59-67(70)73-62-66(75-69(72)61-56-51-46-41-36-31-26-21-17-15-19-24-28-33-38-43-48-53-58-65(4)5)63-74-68(71)60-55-50-45-40-35-30-25-20-16-14-18-23-27-32-37-42-47-52-57-64(2)3/h64-66H,6-63H2,1-5H3/t66-/m0/s1. The maximum atomic E-state index is 12.9. The van der Waals surface area contributed by atoms with Gasteiger partial charge in [-0.2, -0.15) is 0 Å². The molecule has 6 heteroatoms. The Hall–Kier alpha value is -1.59. The molecule has 0 aliphatic rings. The topological polar surface area (TPSA) is 78.9 Å². The Bertz CT molecular complexity index is 1150. The fourth-order valence-electron chi connectivity index (χ4n) is 10.8. The lowest BCUT2D eigenvalue weighted by Gasteiger charge is -2.18. The van der Waals surface area contributed by atoms with E-state index in [1.165, 1.54) is 283 Å². The summed E-state index contributed by atoms with van der Waals surface area (Å²) in [5, 5.41) is 0. The Balaban J connectivity index is 4.26. The van der Waals surface area contributed by atoms with Gasteiger partial charge in [-0.15, -0.1) is 0 Å². The first-order valence-corrected chi connectivity index (χ1v) is 34.2. The van der Waals surface area contributed by atoms with Gasteiger partial charge in [0.1, 0.15) is 13.2 Å². The number of hydrogen-bond donors (Lipinski definition) is 0. The zero-order chi connectivity index (χ0) is 54.6. The van der Waals surface area contributed by atoms with Gasteiger partial charge in [-0.05, 0) is 31.1 Å². The Morgan fingerprint density at radius 2 is 0.440 bits per heavy atom. The Morgan fingerprint density at radius 1 is 0.253 bits per heavy atom. The lowest BCUT2D eigenvalue weighted by molar-refractivity contribution is -0.167. The molecule has 0 unspecified atom stereocenters. The van der Waals surface area contributed by atoms with Crippen LogP contribution >= 0.6 is 0 Å². The summed E-state index contributed by atoms with van der Waals surface area (Å²) in [5.74, 6) is 0.892. The normalized spacial score (nSPS) is 12.0. The number of rotatable bonds is 63. The molecule has 446 valence electrons. The second-order valence-electron chi connectivity index (χ2n) is 24.8. The highest BCUT2D eigenvalue weighted by molar-refractivity contribution is 5.71. The van der Waals surface area contributed by atoms with Crippen LogP contribution in [0.5, 0.6) is 0 Å². The van der Waals surface area contributed by atoms with Crippen LogP contribution in [-0.4, -0.2) is 37.2 Å². The minimum absolute atomic E-state index is 0.0612. The minimum Gasteiger partial charge on any atom is -0.462 e. The molecule has 0 aromatic heterocycles. The smallest absolute Gasteiger partial charge is 0.306 e. The van der Waals surface area contributed by atoms with Crippen LogP contribution < -0.4 is 0 Å². The van der Waals surface area contributed by atoms with E-state index in [4.69, 9.17) is 14.2 Å². The summed E-state index contributed by atoms with van der Waals surface area (Å²) in [6.07, 6.45) is 69.7. The van der Waals surface area contributed by atoms with Crippen molar-refractivity contribution in [1.82, 2.24) is 0 Å². The van der Waals surface area contributed by atoms with Crippen LogP contribution in [0.4, 0.5) is 0 Å². The van der Waals surface area contributed by atoms with Crippen molar-refractivity contribution in [3.8, 4) is 0 Å². The number of esters is 3. The van der Waals surface area contributed by atoms with Crippen molar-refractivity contribution < 1.29 is 28.6 Å². The SMILES string of the molecule is CCCCCCCCCCCCCCCCCC(=O)OC[C@@H](COC(=O)CCCCCCCCCCCCCCCCCCCCC(C)C)OC(=O)CCCCCCCCCCCCCCCCCCCCC(C)C. The van der Waals surface area contributed by atoms with Gasteiger partial charge >= 0.3 is 17.9 Å². The lowest BCUT2D eigenvalue weighted by atomic mass is 10.0. The largest absolute Gasteiger partial charge is 0.462 e. The van der Waals surface area contributed by atoms with Crippen molar-refractivity contribution in [2.75, 3.05) is 13.2 Å². The molecular weight excluding hydrogens is 925 g/mol. The third-order valence-electron chi connectivity index (χ3n) is 16.0. The van der Waals surface area contributed by atoms with Crippen LogP contribution in [0, 0.1) is 11.8 Å². The molecule has 6 nitrogen and oxygen atoms in total. The van der Waals surface area contributed by atoms with Gasteiger partial charge in [0.2, 0.25) is 0 Å². The molecule has 0 fully saturated rings. The third kappa shape index (κ3) is 63.1.